The van der Waals surface area contributed by atoms with E-state index in [1.165, 1.54) is 0 Å². The minimum absolute atomic E-state index is 0. The van der Waals surface area contributed by atoms with Gasteiger partial charge >= 0.3 is 0 Å². The van der Waals surface area contributed by atoms with Crippen LogP contribution in [0, 0.1) is 5.41 Å². The molecule has 2 unspecified atom stereocenters. The van der Waals surface area contributed by atoms with Gasteiger partial charge in [0.1, 0.15) is 0 Å². The Balaban J connectivity index is 0.00000242. The van der Waals surface area contributed by atoms with E-state index < -0.39 is 0 Å². The number of nitrogens with two attached hydrogens (primary N) is 1. The molecule has 1 fully saturated rings. The molecule has 1 saturated heterocycles. The molecule has 3 N–H and O–H groups in total. The van der Waals surface area contributed by atoms with Crippen molar-refractivity contribution in [3.05, 3.63) is 28.2 Å². The minimum atomic E-state index is -0.217. The molecule has 0 spiro atoms. The fourth-order valence-corrected chi connectivity index (χ4v) is 3.01. The summed E-state index contributed by atoms with van der Waals surface area (Å²) < 4.78 is 0. The van der Waals surface area contributed by atoms with Gasteiger partial charge in [0, 0.05) is 11.6 Å². The third-order valence-electron chi connectivity index (χ3n) is 4.20. The molecule has 124 valence electrons. The van der Waals surface area contributed by atoms with E-state index in [9.17, 15) is 4.79 Å². The second-order valence-corrected chi connectivity index (χ2v) is 6.87. The summed E-state index contributed by atoms with van der Waals surface area (Å²) in [7, 11) is 0. The van der Waals surface area contributed by atoms with Gasteiger partial charge in [-0.3, -0.25) is 9.69 Å². The summed E-state index contributed by atoms with van der Waals surface area (Å²) in [6.07, 6.45) is 1.02. The van der Waals surface area contributed by atoms with Crippen molar-refractivity contribution in [1.82, 2.24) is 4.90 Å². The van der Waals surface area contributed by atoms with Crippen molar-refractivity contribution in [2.75, 3.05) is 25.0 Å². The standard InChI is InChI=1S/C15H21Cl2N3O.ClH/c1-10(20-6-5-15(2,8-18)9-20)14(21)19-13-4-3-11(16)7-12(13)17;/h3-4,7,10H,5-6,8-9,18H2,1-2H3,(H,19,21);1H. The van der Waals surface area contributed by atoms with Gasteiger partial charge in [0.25, 0.3) is 0 Å². The zero-order chi connectivity index (χ0) is 15.6. The number of likely N-dealkylation sites (tertiary alicyclic amines) is 1. The van der Waals surface area contributed by atoms with Crippen molar-refractivity contribution < 1.29 is 4.79 Å². The van der Waals surface area contributed by atoms with Crippen LogP contribution < -0.4 is 11.1 Å². The molecule has 1 heterocycles. The molecule has 0 aliphatic carbocycles. The number of hydrogen-bond donors (Lipinski definition) is 2. The van der Waals surface area contributed by atoms with Crippen LogP contribution in [0.1, 0.15) is 20.3 Å². The highest BCUT2D eigenvalue weighted by atomic mass is 35.5. The van der Waals surface area contributed by atoms with Crippen LogP contribution in [0.4, 0.5) is 5.69 Å². The van der Waals surface area contributed by atoms with Crippen LogP contribution in [0.25, 0.3) is 0 Å². The van der Waals surface area contributed by atoms with Crippen molar-refractivity contribution in [1.29, 1.82) is 0 Å². The van der Waals surface area contributed by atoms with E-state index in [2.05, 4.69) is 17.1 Å². The molecule has 1 aromatic rings. The number of carbonyl (C=O) groups excluding carboxylic acids is 1. The van der Waals surface area contributed by atoms with E-state index in [0.717, 1.165) is 19.5 Å². The molecule has 0 radical (unpaired) electrons. The maximum Gasteiger partial charge on any atom is 0.241 e. The maximum absolute atomic E-state index is 12.4. The molecule has 1 aliphatic rings. The predicted octanol–water partition coefficient (Wildman–Crippen LogP) is 3.41. The molecule has 2 rings (SSSR count). The van der Waals surface area contributed by atoms with Crippen molar-refractivity contribution in [3.63, 3.8) is 0 Å². The predicted molar refractivity (Wildman–Crippen MR) is 95.2 cm³/mol. The summed E-state index contributed by atoms with van der Waals surface area (Å²) in [5, 5.41) is 3.84. The Bertz CT molecular complexity index is 541. The highest BCUT2D eigenvalue weighted by molar-refractivity contribution is 6.36. The number of nitrogens with zero attached hydrogens (tertiary/aromatic N) is 1. The van der Waals surface area contributed by atoms with E-state index in [0.29, 0.717) is 22.3 Å². The molecule has 7 heteroatoms. The largest absolute Gasteiger partial charge is 0.330 e. The SMILES string of the molecule is CC(C(=O)Nc1ccc(Cl)cc1Cl)N1CCC(C)(CN)C1.Cl. The highest BCUT2D eigenvalue weighted by Gasteiger charge is 2.36. The summed E-state index contributed by atoms with van der Waals surface area (Å²) in [4.78, 5) is 14.5. The van der Waals surface area contributed by atoms with Crippen LogP contribution in [-0.4, -0.2) is 36.5 Å². The summed E-state index contributed by atoms with van der Waals surface area (Å²) in [6, 6.07) is 4.81. The van der Waals surface area contributed by atoms with E-state index in [4.69, 9.17) is 28.9 Å². The van der Waals surface area contributed by atoms with Crippen molar-refractivity contribution >= 4 is 47.2 Å². The Labute approximate surface area is 147 Å². The molecule has 0 bridgehead atoms. The molecule has 1 aliphatic heterocycles. The number of anilines is 1. The van der Waals surface area contributed by atoms with E-state index >= 15 is 0 Å². The first kappa shape index (κ1) is 19.5. The van der Waals surface area contributed by atoms with E-state index in [1.807, 2.05) is 6.92 Å². The van der Waals surface area contributed by atoms with Gasteiger partial charge in [-0.1, -0.05) is 30.1 Å². The normalized spacial score (nSPS) is 23.0. The van der Waals surface area contributed by atoms with Crippen molar-refractivity contribution in [2.24, 2.45) is 11.1 Å². The molecule has 2 atom stereocenters. The lowest BCUT2D eigenvalue weighted by Gasteiger charge is -2.26. The van der Waals surface area contributed by atoms with Crippen LogP contribution in [0.5, 0.6) is 0 Å². The van der Waals surface area contributed by atoms with E-state index in [-0.39, 0.29) is 29.8 Å². The van der Waals surface area contributed by atoms with Gasteiger partial charge in [-0.25, -0.2) is 0 Å². The van der Waals surface area contributed by atoms with Gasteiger partial charge in [-0.15, -0.1) is 12.4 Å². The van der Waals surface area contributed by atoms with Gasteiger partial charge < -0.3 is 11.1 Å². The number of benzene rings is 1. The van der Waals surface area contributed by atoms with Gasteiger partial charge in [-0.2, -0.15) is 0 Å². The molecule has 22 heavy (non-hydrogen) atoms. The Morgan fingerprint density at radius 2 is 2.18 bits per heavy atom. The molecule has 1 aromatic carbocycles. The highest BCUT2D eigenvalue weighted by Crippen LogP contribution is 2.30. The summed E-state index contributed by atoms with van der Waals surface area (Å²) in [5.74, 6) is -0.0690. The Morgan fingerprint density at radius 1 is 1.50 bits per heavy atom. The lowest BCUT2D eigenvalue weighted by molar-refractivity contribution is -0.120. The fourth-order valence-electron chi connectivity index (χ4n) is 2.55. The average Bonchev–Trinajstić information content (AvgIpc) is 2.84. The lowest BCUT2D eigenvalue weighted by atomic mass is 9.90. The Morgan fingerprint density at radius 3 is 2.73 bits per heavy atom. The number of hydrogen-bond acceptors (Lipinski definition) is 3. The Kier molecular flexibility index (Phi) is 6.96. The monoisotopic (exact) mass is 365 g/mol. The molecular weight excluding hydrogens is 345 g/mol. The van der Waals surface area contributed by atoms with Crippen LogP contribution in [0.2, 0.25) is 10.0 Å². The molecule has 4 nitrogen and oxygen atoms in total. The topological polar surface area (TPSA) is 58.4 Å². The van der Waals surface area contributed by atoms with Gasteiger partial charge in [0.15, 0.2) is 0 Å². The van der Waals surface area contributed by atoms with Gasteiger partial charge in [-0.05, 0) is 50.0 Å². The minimum Gasteiger partial charge on any atom is -0.330 e. The fraction of sp³-hybridized carbons (Fsp3) is 0.533. The van der Waals surface area contributed by atoms with E-state index in [1.54, 1.807) is 18.2 Å². The number of halogens is 3. The van der Waals surface area contributed by atoms with Crippen molar-refractivity contribution in [2.45, 2.75) is 26.3 Å². The first-order valence-corrected chi connectivity index (χ1v) is 7.80. The lowest BCUT2D eigenvalue weighted by Crippen LogP contribution is -2.42. The van der Waals surface area contributed by atoms with Crippen LogP contribution in [0.3, 0.4) is 0 Å². The first-order chi connectivity index (χ1) is 9.84. The van der Waals surface area contributed by atoms with Crippen LogP contribution >= 0.6 is 35.6 Å². The quantitative estimate of drug-likeness (QED) is 0.858. The van der Waals surface area contributed by atoms with Crippen LogP contribution in [-0.2, 0) is 4.79 Å². The number of amides is 1. The third kappa shape index (κ3) is 4.49. The number of nitrogens with one attached hydrogen (secondary N) is 1. The molecule has 0 saturated carbocycles. The zero-order valence-corrected chi connectivity index (χ0v) is 15.1. The summed E-state index contributed by atoms with van der Waals surface area (Å²) in [6.45, 7) is 6.43. The molecule has 0 aromatic heterocycles. The maximum atomic E-state index is 12.4. The smallest absolute Gasteiger partial charge is 0.241 e. The third-order valence-corrected chi connectivity index (χ3v) is 4.74. The zero-order valence-electron chi connectivity index (χ0n) is 12.7. The molecule has 1 amide bonds. The average molecular weight is 367 g/mol. The first-order valence-electron chi connectivity index (χ1n) is 7.05. The summed E-state index contributed by atoms with van der Waals surface area (Å²) in [5.41, 5.74) is 6.49. The van der Waals surface area contributed by atoms with Crippen LogP contribution in [0.15, 0.2) is 18.2 Å². The second-order valence-electron chi connectivity index (χ2n) is 6.02. The van der Waals surface area contributed by atoms with Gasteiger partial charge in [0.05, 0.1) is 16.8 Å². The second kappa shape index (κ2) is 7.84. The number of rotatable bonds is 4. The summed E-state index contributed by atoms with van der Waals surface area (Å²) >= 11 is 11.9. The Hall–Kier alpha value is -0.520. The number of carbonyl (C=O) groups is 1. The molecular formula is C15H22Cl3N3O. The van der Waals surface area contributed by atoms with Gasteiger partial charge in [0.2, 0.25) is 5.91 Å². The van der Waals surface area contributed by atoms with Crippen molar-refractivity contribution in [3.8, 4) is 0 Å².